The van der Waals surface area contributed by atoms with Crippen molar-refractivity contribution < 1.29 is 24.7 Å². The SMILES string of the molecule is CCC[n+]1[c-]n(-c2[c-]cccc2)c2cc3c(cc21)C(C)(C)C(C)(C)C3(C)C.[Ir]. The molecule has 151 valence electrons. The van der Waals surface area contributed by atoms with Gasteiger partial charge in [-0.15, -0.1) is 0 Å². The van der Waals surface area contributed by atoms with E-state index >= 15 is 0 Å². The Bertz CT molecular complexity index is 1010. The van der Waals surface area contributed by atoms with Crippen molar-refractivity contribution in [2.45, 2.75) is 72.3 Å². The fourth-order valence-corrected chi connectivity index (χ4v) is 4.79. The van der Waals surface area contributed by atoms with Crippen molar-refractivity contribution >= 4 is 11.0 Å². The minimum atomic E-state index is 0. The molecule has 1 aliphatic rings. The first-order chi connectivity index (χ1) is 12.6. The standard InChI is InChI=1S/C25H31N2.Ir/c1-8-14-26-17-27(18-12-10-9-11-13-18)22-16-20-19(15-21(22)26)23(2,3)25(6,7)24(20,4)5;/h9-12,15-16H,8,14H2,1-7H3;/q-1;. The van der Waals surface area contributed by atoms with Gasteiger partial charge in [-0.3, -0.25) is 0 Å². The maximum atomic E-state index is 3.59. The number of rotatable bonds is 3. The summed E-state index contributed by atoms with van der Waals surface area (Å²) in [6.45, 7) is 17.6. The Morgan fingerprint density at radius 2 is 1.61 bits per heavy atom. The summed E-state index contributed by atoms with van der Waals surface area (Å²) in [6.07, 6.45) is 4.68. The topological polar surface area (TPSA) is 8.81 Å². The first-order valence-electron chi connectivity index (χ1n) is 10.1. The van der Waals surface area contributed by atoms with Gasteiger partial charge in [-0.05, 0) is 33.8 Å². The molecule has 1 aliphatic carbocycles. The smallest absolute Gasteiger partial charge is 0.242 e. The van der Waals surface area contributed by atoms with Crippen molar-refractivity contribution in [3.63, 3.8) is 0 Å². The maximum absolute atomic E-state index is 3.59. The van der Waals surface area contributed by atoms with Crippen LogP contribution in [0.1, 0.15) is 66.0 Å². The molecule has 0 atom stereocenters. The van der Waals surface area contributed by atoms with Gasteiger partial charge in [0, 0.05) is 20.1 Å². The Labute approximate surface area is 183 Å². The van der Waals surface area contributed by atoms with Gasteiger partial charge in [-0.1, -0.05) is 66.3 Å². The number of hydrogen-bond acceptors (Lipinski definition) is 0. The van der Waals surface area contributed by atoms with Gasteiger partial charge in [-0.2, -0.15) is 30.3 Å². The first kappa shape index (κ1) is 21.3. The van der Waals surface area contributed by atoms with E-state index in [0.29, 0.717) is 0 Å². The fraction of sp³-hybridized carbons (Fsp3) is 0.480. The van der Waals surface area contributed by atoms with Crippen LogP contribution < -0.4 is 4.57 Å². The minimum Gasteiger partial charge on any atom is -0.342 e. The number of aryl methyl sites for hydroxylation is 1. The van der Waals surface area contributed by atoms with Gasteiger partial charge in [0.2, 0.25) is 6.33 Å². The van der Waals surface area contributed by atoms with E-state index in [1.807, 2.05) is 12.1 Å². The van der Waals surface area contributed by atoms with E-state index in [1.54, 1.807) is 0 Å². The van der Waals surface area contributed by atoms with E-state index in [1.165, 1.54) is 22.2 Å². The molecule has 0 amide bonds. The van der Waals surface area contributed by atoms with Crippen molar-refractivity contribution in [2.75, 3.05) is 0 Å². The molecule has 4 rings (SSSR count). The van der Waals surface area contributed by atoms with Gasteiger partial charge in [0.1, 0.15) is 0 Å². The maximum Gasteiger partial charge on any atom is 0.242 e. The molecule has 1 heterocycles. The second-order valence-electron chi connectivity index (χ2n) is 9.60. The summed E-state index contributed by atoms with van der Waals surface area (Å²) in [5, 5.41) is 0. The van der Waals surface area contributed by atoms with Gasteiger partial charge in [-0.25, -0.2) is 0 Å². The van der Waals surface area contributed by atoms with E-state index in [4.69, 9.17) is 0 Å². The molecule has 0 bridgehead atoms. The summed E-state index contributed by atoms with van der Waals surface area (Å²) in [5.41, 5.74) is 6.89. The third-order valence-electron chi connectivity index (χ3n) is 7.72. The number of benzene rings is 2. The zero-order valence-corrected chi connectivity index (χ0v) is 20.5. The average Bonchev–Trinajstić information content (AvgIpc) is 3.03. The summed E-state index contributed by atoms with van der Waals surface area (Å²) >= 11 is 0. The molecule has 1 radical (unpaired) electrons. The van der Waals surface area contributed by atoms with E-state index in [0.717, 1.165) is 18.7 Å². The number of fused-ring (bicyclic) bond motifs is 2. The van der Waals surface area contributed by atoms with Crippen molar-refractivity contribution in [1.29, 1.82) is 0 Å². The zero-order chi connectivity index (χ0) is 19.6. The van der Waals surface area contributed by atoms with Crippen LogP contribution in [0, 0.1) is 17.8 Å². The molecule has 2 nitrogen and oxygen atoms in total. The van der Waals surface area contributed by atoms with Crippen LogP contribution in [0.15, 0.2) is 36.4 Å². The molecule has 0 spiro atoms. The first-order valence-corrected chi connectivity index (χ1v) is 10.1. The monoisotopic (exact) mass is 552 g/mol. The molecule has 28 heavy (non-hydrogen) atoms. The predicted octanol–water partition coefficient (Wildman–Crippen LogP) is 5.52. The molecule has 3 heteroatoms. The normalized spacial score (nSPS) is 18.7. The molecule has 0 saturated heterocycles. The van der Waals surface area contributed by atoms with Gasteiger partial charge < -0.3 is 9.13 Å². The van der Waals surface area contributed by atoms with E-state index < -0.39 is 0 Å². The average molecular weight is 552 g/mol. The van der Waals surface area contributed by atoms with Gasteiger partial charge in [0.25, 0.3) is 0 Å². The summed E-state index contributed by atoms with van der Waals surface area (Å²) in [6, 6.07) is 16.4. The number of hydrogen-bond donors (Lipinski definition) is 0. The van der Waals surface area contributed by atoms with Crippen molar-refractivity contribution in [3.8, 4) is 5.69 Å². The Hall–Kier alpha value is -1.44. The van der Waals surface area contributed by atoms with Crippen molar-refractivity contribution in [2.24, 2.45) is 5.41 Å². The predicted molar refractivity (Wildman–Crippen MR) is 111 cm³/mol. The molecule has 0 fully saturated rings. The third kappa shape index (κ3) is 2.66. The summed E-state index contributed by atoms with van der Waals surface area (Å²) < 4.78 is 4.46. The largest absolute Gasteiger partial charge is 0.342 e. The Morgan fingerprint density at radius 1 is 0.964 bits per heavy atom. The molecule has 0 aliphatic heterocycles. The van der Waals surface area contributed by atoms with Crippen LogP contribution in [0.4, 0.5) is 0 Å². The summed E-state index contributed by atoms with van der Waals surface area (Å²) in [4.78, 5) is 0. The molecule has 1 aromatic heterocycles. The number of imidazole rings is 1. The van der Waals surface area contributed by atoms with E-state index in [2.05, 4.69) is 94.3 Å². The second-order valence-corrected chi connectivity index (χ2v) is 9.60. The van der Waals surface area contributed by atoms with Crippen LogP contribution in [0.2, 0.25) is 0 Å². The Balaban J connectivity index is 0.00000225. The summed E-state index contributed by atoms with van der Waals surface area (Å²) in [5.74, 6) is 0. The second kappa shape index (κ2) is 6.82. The van der Waals surface area contributed by atoms with Gasteiger partial charge in [0.05, 0.1) is 17.6 Å². The molecule has 2 aromatic carbocycles. The zero-order valence-electron chi connectivity index (χ0n) is 18.1. The van der Waals surface area contributed by atoms with Crippen LogP contribution in [0.25, 0.3) is 16.7 Å². The molecular weight excluding hydrogens is 521 g/mol. The number of nitrogens with zero attached hydrogens (tertiary/aromatic N) is 2. The van der Waals surface area contributed by atoms with Crippen molar-refractivity contribution in [3.05, 3.63) is 59.9 Å². The van der Waals surface area contributed by atoms with Crippen molar-refractivity contribution in [1.82, 2.24) is 4.57 Å². The molecule has 0 unspecified atom stereocenters. The third-order valence-corrected chi connectivity index (χ3v) is 7.72. The number of para-hydroxylation sites is 1. The molecule has 3 aromatic rings. The Kier molecular flexibility index (Phi) is 5.18. The van der Waals surface area contributed by atoms with Crippen LogP contribution in [-0.2, 0) is 37.5 Å². The van der Waals surface area contributed by atoms with E-state index in [9.17, 15) is 0 Å². The van der Waals surface area contributed by atoms with Gasteiger partial charge >= 0.3 is 0 Å². The quantitative estimate of drug-likeness (QED) is 0.299. The fourth-order valence-electron chi connectivity index (χ4n) is 4.79. The van der Waals surface area contributed by atoms with E-state index in [-0.39, 0.29) is 36.4 Å². The van der Waals surface area contributed by atoms with Gasteiger partial charge in [0.15, 0.2) is 0 Å². The van der Waals surface area contributed by atoms with Crippen LogP contribution >= 0.6 is 0 Å². The van der Waals surface area contributed by atoms with Crippen LogP contribution in [0.3, 0.4) is 0 Å². The number of aromatic nitrogens is 2. The molecule has 0 N–H and O–H groups in total. The minimum absolute atomic E-state index is 0. The summed E-state index contributed by atoms with van der Waals surface area (Å²) in [7, 11) is 0. The molecule has 0 saturated carbocycles. The molecular formula is C25H31IrN2-. The van der Waals surface area contributed by atoms with Crippen LogP contribution in [0.5, 0.6) is 0 Å². The van der Waals surface area contributed by atoms with Crippen LogP contribution in [-0.4, -0.2) is 4.57 Å². The Morgan fingerprint density at radius 3 is 2.18 bits per heavy atom.